The predicted octanol–water partition coefficient (Wildman–Crippen LogP) is 1.24. The fourth-order valence-electron chi connectivity index (χ4n) is 1.63. The number of carbonyl (C=O) groups is 1. The van der Waals surface area contributed by atoms with E-state index in [1.54, 1.807) is 6.07 Å². The van der Waals surface area contributed by atoms with Crippen molar-refractivity contribution in [2.75, 3.05) is 18.1 Å². The maximum absolute atomic E-state index is 11.7. The molecule has 0 aromatic carbocycles. The Kier molecular flexibility index (Phi) is 3.41. The predicted molar refractivity (Wildman–Crippen MR) is 62.3 cm³/mol. The zero-order valence-electron chi connectivity index (χ0n) is 8.23. The first-order chi connectivity index (χ1) is 7.61. The van der Waals surface area contributed by atoms with Gasteiger partial charge in [-0.2, -0.15) is 0 Å². The Hall–Kier alpha value is -0.720. The number of amides is 1. The Morgan fingerprint density at radius 2 is 2.38 bits per heavy atom. The third-order valence-corrected chi connectivity index (χ3v) is 3.19. The number of carbonyl (C=O) groups excluding carboxylic acids is 1. The summed E-state index contributed by atoms with van der Waals surface area (Å²) in [4.78, 5) is 13.2. The summed E-state index contributed by atoms with van der Waals surface area (Å²) in [5.74, 6) is 0.360. The van der Waals surface area contributed by atoms with E-state index < -0.39 is 0 Å². The van der Waals surface area contributed by atoms with Crippen LogP contribution in [0.2, 0.25) is 5.15 Å². The van der Waals surface area contributed by atoms with Gasteiger partial charge in [0.15, 0.2) is 11.0 Å². The highest BCUT2D eigenvalue weighted by Crippen LogP contribution is 2.29. The molecular formula is C9H9BrClN3O2. The van der Waals surface area contributed by atoms with Crippen LogP contribution in [0.25, 0.3) is 0 Å². The standard InChI is InChI=1S/C9H9BrClN3O2/c10-6-2-7(11)12-13-9(6)14-3-5(4-15)1-8(14)16/h2,5,15H,1,3-4H2. The zero-order valence-corrected chi connectivity index (χ0v) is 10.6. The molecule has 2 rings (SSSR count). The lowest BCUT2D eigenvalue weighted by atomic mass is 10.1. The quantitative estimate of drug-likeness (QED) is 0.893. The van der Waals surface area contributed by atoms with Gasteiger partial charge >= 0.3 is 0 Å². The maximum Gasteiger partial charge on any atom is 0.228 e. The molecule has 5 nitrogen and oxygen atoms in total. The number of aromatic nitrogens is 2. The van der Waals surface area contributed by atoms with Gasteiger partial charge in [-0.1, -0.05) is 11.6 Å². The summed E-state index contributed by atoms with van der Waals surface area (Å²) < 4.78 is 0.624. The molecule has 1 saturated heterocycles. The van der Waals surface area contributed by atoms with E-state index in [2.05, 4.69) is 26.1 Å². The molecule has 7 heteroatoms. The van der Waals surface area contributed by atoms with Crippen LogP contribution in [-0.4, -0.2) is 34.4 Å². The summed E-state index contributed by atoms with van der Waals surface area (Å²) >= 11 is 8.95. The summed E-state index contributed by atoms with van der Waals surface area (Å²) in [7, 11) is 0. The summed E-state index contributed by atoms with van der Waals surface area (Å²) in [6.07, 6.45) is 0.341. The lowest BCUT2D eigenvalue weighted by molar-refractivity contribution is -0.117. The van der Waals surface area contributed by atoms with Crippen molar-refractivity contribution in [3.63, 3.8) is 0 Å². The third-order valence-electron chi connectivity index (χ3n) is 2.42. The summed E-state index contributed by atoms with van der Waals surface area (Å²) in [6, 6.07) is 1.59. The second-order valence-corrected chi connectivity index (χ2v) is 4.84. The molecule has 1 unspecified atom stereocenters. The lowest BCUT2D eigenvalue weighted by Gasteiger charge is -2.15. The van der Waals surface area contributed by atoms with Crippen LogP contribution in [0.1, 0.15) is 6.42 Å². The Morgan fingerprint density at radius 1 is 1.62 bits per heavy atom. The van der Waals surface area contributed by atoms with Crippen LogP contribution in [0.15, 0.2) is 10.5 Å². The van der Waals surface area contributed by atoms with Gasteiger partial charge in [-0.3, -0.25) is 9.69 Å². The fourth-order valence-corrected chi connectivity index (χ4v) is 2.42. The second-order valence-electron chi connectivity index (χ2n) is 3.60. The van der Waals surface area contributed by atoms with E-state index >= 15 is 0 Å². The van der Waals surface area contributed by atoms with Gasteiger partial charge < -0.3 is 5.11 Å². The van der Waals surface area contributed by atoms with Crippen molar-refractivity contribution in [2.24, 2.45) is 5.92 Å². The molecule has 0 saturated carbocycles. The Bertz CT molecular complexity index is 429. The van der Waals surface area contributed by atoms with Gasteiger partial charge in [-0.05, 0) is 22.0 Å². The van der Waals surface area contributed by atoms with Gasteiger partial charge in [-0.15, -0.1) is 10.2 Å². The summed E-state index contributed by atoms with van der Waals surface area (Å²) in [6.45, 7) is 0.463. The van der Waals surface area contributed by atoms with Gasteiger partial charge in [0, 0.05) is 25.5 Å². The molecule has 0 spiro atoms. The van der Waals surface area contributed by atoms with Gasteiger partial charge in [0.2, 0.25) is 5.91 Å². The van der Waals surface area contributed by atoms with Crippen LogP contribution < -0.4 is 4.90 Å². The Labute approximate surface area is 106 Å². The van der Waals surface area contributed by atoms with Crippen LogP contribution >= 0.6 is 27.5 Å². The molecule has 16 heavy (non-hydrogen) atoms. The fraction of sp³-hybridized carbons (Fsp3) is 0.444. The van der Waals surface area contributed by atoms with Crippen LogP contribution in [0.5, 0.6) is 0 Å². The molecule has 0 radical (unpaired) electrons. The Morgan fingerprint density at radius 3 is 2.94 bits per heavy atom. The minimum Gasteiger partial charge on any atom is -0.396 e. The SMILES string of the molecule is O=C1CC(CO)CN1c1nnc(Cl)cc1Br. The molecule has 0 bridgehead atoms. The first-order valence-electron chi connectivity index (χ1n) is 4.71. The number of aliphatic hydroxyl groups is 1. The average Bonchev–Trinajstić information content (AvgIpc) is 2.60. The number of anilines is 1. The smallest absolute Gasteiger partial charge is 0.228 e. The normalized spacial score (nSPS) is 20.6. The lowest BCUT2D eigenvalue weighted by Crippen LogP contribution is -2.26. The second kappa shape index (κ2) is 4.65. The largest absolute Gasteiger partial charge is 0.396 e. The molecule has 86 valence electrons. The molecule has 1 amide bonds. The molecule has 1 aromatic rings. The van der Waals surface area contributed by atoms with Crippen LogP contribution in [-0.2, 0) is 4.79 Å². The third kappa shape index (κ3) is 2.18. The molecule has 1 N–H and O–H groups in total. The van der Waals surface area contributed by atoms with Crippen molar-refractivity contribution in [3.8, 4) is 0 Å². The minimum atomic E-state index is -0.0589. The average molecular weight is 307 g/mol. The summed E-state index contributed by atoms with van der Waals surface area (Å²) in [5.41, 5.74) is 0. The molecule has 2 heterocycles. The van der Waals surface area contributed by atoms with Crippen molar-refractivity contribution in [1.82, 2.24) is 10.2 Å². The number of hydrogen-bond acceptors (Lipinski definition) is 4. The molecule has 1 aromatic heterocycles. The number of rotatable bonds is 2. The topological polar surface area (TPSA) is 66.3 Å². The van der Waals surface area contributed by atoms with Gasteiger partial charge in [0.1, 0.15) is 0 Å². The highest BCUT2D eigenvalue weighted by molar-refractivity contribution is 9.10. The molecular weight excluding hydrogens is 297 g/mol. The van der Waals surface area contributed by atoms with E-state index in [1.165, 1.54) is 4.90 Å². The van der Waals surface area contributed by atoms with Crippen LogP contribution in [0.3, 0.4) is 0 Å². The van der Waals surface area contributed by atoms with Crippen LogP contribution in [0.4, 0.5) is 5.82 Å². The van der Waals surface area contributed by atoms with E-state index in [-0.39, 0.29) is 23.6 Å². The molecule has 1 aliphatic rings. The molecule has 1 atom stereocenters. The van der Waals surface area contributed by atoms with Crippen molar-refractivity contribution in [1.29, 1.82) is 0 Å². The van der Waals surface area contributed by atoms with Crippen molar-refractivity contribution >= 4 is 39.3 Å². The van der Waals surface area contributed by atoms with Crippen LogP contribution in [0, 0.1) is 5.92 Å². The van der Waals surface area contributed by atoms with E-state index in [0.717, 1.165) is 0 Å². The monoisotopic (exact) mass is 305 g/mol. The first-order valence-corrected chi connectivity index (χ1v) is 5.89. The van der Waals surface area contributed by atoms with Gasteiger partial charge in [0.05, 0.1) is 4.47 Å². The van der Waals surface area contributed by atoms with Crippen molar-refractivity contribution in [2.45, 2.75) is 6.42 Å². The molecule has 0 aliphatic carbocycles. The number of nitrogens with zero attached hydrogens (tertiary/aromatic N) is 3. The number of aliphatic hydroxyl groups excluding tert-OH is 1. The van der Waals surface area contributed by atoms with E-state index in [0.29, 0.717) is 23.3 Å². The van der Waals surface area contributed by atoms with Gasteiger partial charge in [0.25, 0.3) is 0 Å². The number of hydrogen-bond donors (Lipinski definition) is 1. The Balaban J connectivity index is 2.28. The van der Waals surface area contributed by atoms with Gasteiger partial charge in [-0.25, -0.2) is 0 Å². The first kappa shape index (κ1) is 11.8. The van der Waals surface area contributed by atoms with E-state index in [9.17, 15) is 4.79 Å². The molecule has 1 fully saturated rings. The number of halogens is 2. The maximum atomic E-state index is 11.7. The summed E-state index contributed by atoms with van der Waals surface area (Å²) in [5, 5.41) is 16.9. The van der Waals surface area contributed by atoms with E-state index in [1.807, 2.05) is 0 Å². The van der Waals surface area contributed by atoms with Crippen molar-refractivity contribution < 1.29 is 9.90 Å². The highest BCUT2D eigenvalue weighted by Gasteiger charge is 2.32. The minimum absolute atomic E-state index is 0.000870. The highest BCUT2D eigenvalue weighted by atomic mass is 79.9. The van der Waals surface area contributed by atoms with E-state index in [4.69, 9.17) is 16.7 Å². The zero-order chi connectivity index (χ0) is 11.7. The van der Waals surface area contributed by atoms with Crippen molar-refractivity contribution in [3.05, 3.63) is 15.7 Å². The molecule has 1 aliphatic heterocycles.